The third-order valence-corrected chi connectivity index (χ3v) is 4.65. The molecule has 8 heteroatoms. The SMILES string of the molecule is CS(=O)(=O)c1ccc(OCCCn2nc3ccccn3c2=O)cc1. The van der Waals surface area contributed by atoms with E-state index in [1.54, 1.807) is 30.5 Å². The van der Waals surface area contributed by atoms with E-state index in [2.05, 4.69) is 5.10 Å². The lowest BCUT2D eigenvalue weighted by Crippen LogP contribution is -2.22. The van der Waals surface area contributed by atoms with Gasteiger partial charge >= 0.3 is 5.69 Å². The number of hydrogen-bond acceptors (Lipinski definition) is 5. The predicted molar refractivity (Wildman–Crippen MR) is 89.1 cm³/mol. The highest BCUT2D eigenvalue weighted by molar-refractivity contribution is 7.90. The molecule has 0 N–H and O–H groups in total. The van der Waals surface area contributed by atoms with Gasteiger partial charge in [0.25, 0.3) is 0 Å². The Balaban J connectivity index is 1.57. The molecule has 0 aliphatic rings. The molecule has 7 nitrogen and oxygen atoms in total. The normalized spacial score (nSPS) is 11.7. The number of nitrogens with zero attached hydrogens (tertiary/aromatic N) is 3. The highest BCUT2D eigenvalue weighted by Crippen LogP contribution is 2.15. The number of pyridine rings is 1. The molecule has 3 rings (SSSR count). The molecule has 0 atom stereocenters. The van der Waals surface area contributed by atoms with Gasteiger partial charge in [-0.25, -0.2) is 17.9 Å². The maximum absolute atomic E-state index is 12.1. The first-order valence-corrected chi connectivity index (χ1v) is 9.31. The second kappa shape index (κ2) is 6.48. The van der Waals surface area contributed by atoms with Crippen molar-refractivity contribution in [3.05, 3.63) is 59.1 Å². The summed E-state index contributed by atoms with van der Waals surface area (Å²) in [6.45, 7) is 0.848. The molecule has 24 heavy (non-hydrogen) atoms. The van der Waals surface area contributed by atoms with Crippen LogP contribution in [-0.2, 0) is 16.4 Å². The van der Waals surface area contributed by atoms with Crippen LogP contribution in [0.1, 0.15) is 6.42 Å². The Kier molecular flexibility index (Phi) is 4.39. The van der Waals surface area contributed by atoms with Crippen molar-refractivity contribution >= 4 is 15.5 Å². The third-order valence-electron chi connectivity index (χ3n) is 3.52. The van der Waals surface area contributed by atoms with E-state index in [1.165, 1.54) is 21.2 Å². The zero-order chi connectivity index (χ0) is 17.2. The summed E-state index contributed by atoms with van der Waals surface area (Å²) in [4.78, 5) is 12.3. The molecule has 0 amide bonds. The minimum absolute atomic E-state index is 0.178. The van der Waals surface area contributed by atoms with E-state index in [0.29, 0.717) is 31.0 Å². The van der Waals surface area contributed by atoms with Crippen molar-refractivity contribution in [2.24, 2.45) is 0 Å². The van der Waals surface area contributed by atoms with Crippen molar-refractivity contribution in [3.8, 4) is 5.75 Å². The Morgan fingerprint density at radius 2 is 1.88 bits per heavy atom. The van der Waals surface area contributed by atoms with Crippen LogP contribution < -0.4 is 10.4 Å². The summed E-state index contributed by atoms with van der Waals surface area (Å²) in [7, 11) is -3.20. The van der Waals surface area contributed by atoms with E-state index in [9.17, 15) is 13.2 Å². The molecule has 126 valence electrons. The van der Waals surface area contributed by atoms with E-state index >= 15 is 0 Å². The Bertz CT molecular complexity index is 1000. The van der Waals surface area contributed by atoms with Crippen molar-refractivity contribution in [1.82, 2.24) is 14.2 Å². The molecule has 0 aliphatic carbocycles. The maximum atomic E-state index is 12.1. The molecule has 2 aromatic heterocycles. The second-order valence-electron chi connectivity index (χ2n) is 5.38. The lowest BCUT2D eigenvalue weighted by molar-refractivity contribution is 0.297. The quantitative estimate of drug-likeness (QED) is 0.629. The fourth-order valence-corrected chi connectivity index (χ4v) is 2.93. The number of rotatable bonds is 6. The average molecular weight is 347 g/mol. The average Bonchev–Trinajstić information content (AvgIpc) is 2.88. The molecule has 0 unspecified atom stereocenters. The number of aryl methyl sites for hydroxylation is 1. The van der Waals surface area contributed by atoms with Gasteiger partial charge in [-0.2, -0.15) is 0 Å². The molecule has 0 spiro atoms. The van der Waals surface area contributed by atoms with Crippen LogP contribution in [0, 0.1) is 0 Å². The van der Waals surface area contributed by atoms with Crippen molar-refractivity contribution in [2.75, 3.05) is 12.9 Å². The first-order valence-electron chi connectivity index (χ1n) is 7.42. The van der Waals surface area contributed by atoms with Gasteiger partial charge in [0.05, 0.1) is 11.5 Å². The smallest absolute Gasteiger partial charge is 0.350 e. The Morgan fingerprint density at radius 3 is 2.54 bits per heavy atom. The third kappa shape index (κ3) is 3.48. The molecule has 0 saturated heterocycles. The molecule has 3 aromatic rings. The summed E-state index contributed by atoms with van der Waals surface area (Å²) in [5, 5.41) is 4.24. The zero-order valence-corrected chi connectivity index (χ0v) is 13.9. The molecule has 0 bridgehead atoms. The van der Waals surface area contributed by atoms with Gasteiger partial charge in [0.1, 0.15) is 5.75 Å². The van der Waals surface area contributed by atoms with Crippen LogP contribution in [0.25, 0.3) is 5.65 Å². The summed E-state index contributed by atoms with van der Waals surface area (Å²) < 4.78 is 31.2. The monoisotopic (exact) mass is 347 g/mol. The van der Waals surface area contributed by atoms with Gasteiger partial charge in [0.15, 0.2) is 15.5 Å². The lowest BCUT2D eigenvalue weighted by atomic mass is 10.3. The minimum atomic E-state index is -3.20. The van der Waals surface area contributed by atoms with Crippen LogP contribution in [0.3, 0.4) is 0 Å². The van der Waals surface area contributed by atoms with Gasteiger partial charge < -0.3 is 4.74 Å². The van der Waals surface area contributed by atoms with Gasteiger partial charge in [-0.3, -0.25) is 4.40 Å². The number of hydrogen-bond donors (Lipinski definition) is 0. The molecule has 0 aliphatic heterocycles. The van der Waals surface area contributed by atoms with Crippen LogP contribution in [0.2, 0.25) is 0 Å². The summed E-state index contributed by atoms with van der Waals surface area (Å²) in [6, 6.07) is 11.6. The number of ether oxygens (including phenoxy) is 1. The van der Waals surface area contributed by atoms with E-state index < -0.39 is 9.84 Å². The number of aromatic nitrogens is 3. The van der Waals surface area contributed by atoms with Gasteiger partial charge in [0, 0.05) is 25.4 Å². The van der Waals surface area contributed by atoms with E-state index in [1.807, 2.05) is 6.07 Å². The van der Waals surface area contributed by atoms with Crippen LogP contribution >= 0.6 is 0 Å². The lowest BCUT2D eigenvalue weighted by Gasteiger charge is -2.06. The summed E-state index contributed by atoms with van der Waals surface area (Å²) in [5.41, 5.74) is 0.433. The largest absolute Gasteiger partial charge is 0.494 e. The first kappa shape index (κ1) is 16.3. The molecule has 0 radical (unpaired) electrons. The summed E-state index contributed by atoms with van der Waals surface area (Å²) in [6.07, 6.45) is 3.45. The van der Waals surface area contributed by atoms with Gasteiger partial charge in [-0.1, -0.05) is 6.07 Å². The van der Waals surface area contributed by atoms with Gasteiger partial charge in [-0.15, -0.1) is 5.10 Å². The highest BCUT2D eigenvalue weighted by atomic mass is 32.2. The Hall–Kier alpha value is -2.61. The van der Waals surface area contributed by atoms with Crippen molar-refractivity contribution in [1.29, 1.82) is 0 Å². The van der Waals surface area contributed by atoms with E-state index in [4.69, 9.17) is 4.74 Å². The Labute approximate surface area is 139 Å². The maximum Gasteiger partial charge on any atom is 0.350 e. The zero-order valence-electron chi connectivity index (χ0n) is 13.1. The molecular formula is C16H17N3O4S. The van der Waals surface area contributed by atoms with E-state index in [0.717, 1.165) is 6.26 Å². The topological polar surface area (TPSA) is 82.7 Å². The number of fused-ring (bicyclic) bond motifs is 1. The summed E-state index contributed by atoms with van der Waals surface area (Å²) in [5.74, 6) is 0.588. The van der Waals surface area contributed by atoms with Crippen LogP contribution in [0.15, 0.2) is 58.4 Å². The summed E-state index contributed by atoms with van der Waals surface area (Å²) >= 11 is 0. The molecular weight excluding hydrogens is 330 g/mol. The number of sulfone groups is 1. The van der Waals surface area contributed by atoms with Gasteiger partial charge in [0.2, 0.25) is 0 Å². The van der Waals surface area contributed by atoms with Crippen molar-refractivity contribution < 1.29 is 13.2 Å². The molecule has 0 saturated carbocycles. The van der Waals surface area contributed by atoms with Crippen molar-refractivity contribution in [2.45, 2.75) is 17.9 Å². The van der Waals surface area contributed by atoms with Crippen LogP contribution in [0.4, 0.5) is 0 Å². The fraction of sp³-hybridized carbons (Fsp3) is 0.250. The van der Waals surface area contributed by atoms with Crippen LogP contribution in [0.5, 0.6) is 5.75 Å². The molecule has 0 fully saturated rings. The van der Waals surface area contributed by atoms with Crippen LogP contribution in [-0.4, -0.2) is 35.5 Å². The minimum Gasteiger partial charge on any atom is -0.494 e. The highest BCUT2D eigenvalue weighted by Gasteiger charge is 2.07. The fourth-order valence-electron chi connectivity index (χ4n) is 2.30. The standard InChI is InChI=1S/C16H17N3O4S/c1-24(21,22)14-8-6-13(7-9-14)23-12-4-11-19-16(20)18-10-3-2-5-15(18)17-19/h2-3,5-10H,4,11-12H2,1H3. The van der Waals surface area contributed by atoms with E-state index in [-0.39, 0.29) is 10.6 Å². The second-order valence-corrected chi connectivity index (χ2v) is 7.40. The van der Waals surface area contributed by atoms with Crippen molar-refractivity contribution in [3.63, 3.8) is 0 Å². The molecule has 1 aromatic carbocycles. The number of benzene rings is 1. The predicted octanol–water partition coefficient (Wildman–Crippen LogP) is 1.37. The molecule has 2 heterocycles. The Morgan fingerprint density at radius 1 is 1.12 bits per heavy atom. The first-order chi connectivity index (χ1) is 11.4. The van der Waals surface area contributed by atoms with Gasteiger partial charge in [-0.05, 0) is 36.4 Å².